The highest BCUT2D eigenvalue weighted by atomic mass is 35.5. The van der Waals surface area contributed by atoms with Crippen LogP contribution in [0.25, 0.3) is 0 Å². The van der Waals surface area contributed by atoms with Crippen molar-refractivity contribution < 1.29 is 14.3 Å². The maximum absolute atomic E-state index is 11.9. The van der Waals surface area contributed by atoms with Crippen LogP contribution in [-0.4, -0.2) is 18.9 Å². The fourth-order valence-electron chi connectivity index (χ4n) is 2.00. The number of methoxy groups -OCH3 is 1. The van der Waals surface area contributed by atoms with E-state index in [0.717, 1.165) is 11.1 Å². The van der Waals surface area contributed by atoms with Gasteiger partial charge in [0.2, 0.25) is 0 Å². The molecule has 2 N–H and O–H groups in total. The minimum Gasteiger partial charge on any atom is -0.495 e. The zero-order valence-corrected chi connectivity index (χ0v) is 13.6. The quantitative estimate of drug-likeness (QED) is 0.846. The molecule has 5 nitrogen and oxygen atoms in total. The molecule has 6 heteroatoms. The SMILES string of the molecule is COc1ccc(NC(=O)C(=O)NCc2ccccc2C)cc1Cl. The molecule has 0 atom stereocenters. The molecule has 0 saturated carbocycles. The Balaban J connectivity index is 1.94. The monoisotopic (exact) mass is 332 g/mol. The molecule has 0 aliphatic carbocycles. The first-order chi connectivity index (χ1) is 11.0. The Hall–Kier alpha value is -2.53. The average molecular weight is 333 g/mol. The molecule has 0 heterocycles. The molecule has 2 amide bonds. The van der Waals surface area contributed by atoms with E-state index in [1.54, 1.807) is 12.1 Å². The molecular weight excluding hydrogens is 316 g/mol. The van der Waals surface area contributed by atoms with E-state index < -0.39 is 11.8 Å². The van der Waals surface area contributed by atoms with Crippen LogP contribution in [0.5, 0.6) is 5.75 Å². The Morgan fingerprint density at radius 3 is 2.52 bits per heavy atom. The molecule has 0 bridgehead atoms. The summed E-state index contributed by atoms with van der Waals surface area (Å²) in [7, 11) is 1.50. The van der Waals surface area contributed by atoms with E-state index in [2.05, 4.69) is 10.6 Å². The van der Waals surface area contributed by atoms with Gasteiger partial charge in [-0.1, -0.05) is 35.9 Å². The molecule has 0 fully saturated rings. The molecule has 0 aromatic heterocycles. The van der Waals surface area contributed by atoms with E-state index in [9.17, 15) is 9.59 Å². The van der Waals surface area contributed by atoms with Gasteiger partial charge >= 0.3 is 11.8 Å². The lowest BCUT2D eigenvalue weighted by Gasteiger charge is -2.09. The van der Waals surface area contributed by atoms with Crippen LogP contribution in [0.1, 0.15) is 11.1 Å². The summed E-state index contributed by atoms with van der Waals surface area (Å²) in [5.74, 6) is -0.964. The first-order valence-corrected chi connectivity index (χ1v) is 7.36. The van der Waals surface area contributed by atoms with Gasteiger partial charge in [0.1, 0.15) is 5.75 Å². The van der Waals surface area contributed by atoms with Crippen LogP contribution in [-0.2, 0) is 16.1 Å². The number of hydrogen-bond donors (Lipinski definition) is 2. The number of halogens is 1. The van der Waals surface area contributed by atoms with Crippen molar-refractivity contribution in [2.45, 2.75) is 13.5 Å². The van der Waals surface area contributed by atoms with Gasteiger partial charge in [-0.3, -0.25) is 9.59 Å². The second-order valence-corrected chi connectivity index (χ2v) is 5.32. The van der Waals surface area contributed by atoms with Gasteiger partial charge in [-0.25, -0.2) is 0 Å². The van der Waals surface area contributed by atoms with Crippen molar-refractivity contribution in [3.63, 3.8) is 0 Å². The Bertz CT molecular complexity index is 732. The Morgan fingerprint density at radius 2 is 1.87 bits per heavy atom. The minimum absolute atomic E-state index is 0.294. The van der Waals surface area contributed by atoms with Crippen molar-refractivity contribution in [2.24, 2.45) is 0 Å². The number of amides is 2. The summed E-state index contributed by atoms with van der Waals surface area (Å²) in [5, 5.41) is 5.43. The van der Waals surface area contributed by atoms with E-state index in [-0.39, 0.29) is 0 Å². The topological polar surface area (TPSA) is 67.4 Å². The third-order valence-electron chi connectivity index (χ3n) is 3.32. The van der Waals surface area contributed by atoms with Gasteiger partial charge in [0.25, 0.3) is 0 Å². The lowest BCUT2D eigenvalue weighted by molar-refractivity contribution is -0.136. The molecule has 2 aromatic rings. The van der Waals surface area contributed by atoms with Crippen molar-refractivity contribution in [2.75, 3.05) is 12.4 Å². The lowest BCUT2D eigenvalue weighted by atomic mass is 10.1. The summed E-state index contributed by atoms with van der Waals surface area (Å²) >= 11 is 5.97. The molecule has 2 rings (SSSR count). The molecule has 0 spiro atoms. The Kier molecular flexibility index (Phi) is 5.60. The number of benzene rings is 2. The van der Waals surface area contributed by atoms with E-state index in [1.807, 2.05) is 31.2 Å². The average Bonchev–Trinajstić information content (AvgIpc) is 2.54. The van der Waals surface area contributed by atoms with E-state index in [4.69, 9.17) is 16.3 Å². The largest absolute Gasteiger partial charge is 0.495 e. The summed E-state index contributed by atoms with van der Waals surface area (Å²) < 4.78 is 5.03. The highest BCUT2D eigenvalue weighted by molar-refractivity contribution is 6.39. The van der Waals surface area contributed by atoms with Crippen LogP contribution in [0.3, 0.4) is 0 Å². The molecule has 23 heavy (non-hydrogen) atoms. The first-order valence-electron chi connectivity index (χ1n) is 6.98. The number of ether oxygens (including phenoxy) is 1. The van der Waals surface area contributed by atoms with Gasteiger partial charge in [0, 0.05) is 12.2 Å². The number of nitrogens with one attached hydrogen (secondary N) is 2. The van der Waals surface area contributed by atoms with Gasteiger partial charge in [-0.2, -0.15) is 0 Å². The number of hydrogen-bond acceptors (Lipinski definition) is 3. The molecular formula is C17H17ClN2O3. The number of carbonyl (C=O) groups excluding carboxylic acids is 2. The smallest absolute Gasteiger partial charge is 0.313 e. The Labute approximate surface area is 139 Å². The third-order valence-corrected chi connectivity index (χ3v) is 3.61. The van der Waals surface area contributed by atoms with Crippen LogP contribution >= 0.6 is 11.6 Å². The number of aryl methyl sites for hydroxylation is 1. The number of carbonyl (C=O) groups is 2. The van der Waals surface area contributed by atoms with Crippen molar-refractivity contribution >= 4 is 29.1 Å². The number of anilines is 1. The fraction of sp³-hybridized carbons (Fsp3) is 0.176. The van der Waals surface area contributed by atoms with Crippen molar-refractivity contribution in [1.82, 2.24) is 5.32 Å². The maximum Gasteiger partial charge on any atom is 0.313 e. The van der Waals surface area contributed by atoms with Crippen molar-refractivity contribution in [1.29, 1.82) is 0 Å². The van der Waals surface area contributed by atoms with Gasteiger partial charge in [-0.15, -0.1) is 0 Å². The summed E-state index contributed by atoms with van der Waals surface area (Å²) in [6.07, 6.45) is 0. The zero-order chi connectivity index (χ0) is 16.8. The molecule has 0 unspecified atom stereocenters. The molecule has 0 aliphatic rings. The summed E-state index contributed by atoms with van der Waals surface area (Å²) in [6, 6.07) is 12.4. The molecule has 0 radical (unpaired) electrons. The highest BCUT2D eigenvalue weighted by Crippen LogP contribution is 2.27. The molecule has 0 saturated heterocycles. The molecule has 2 aromatic carbocycles. The zero-order valence-electron chi connectivity index (χ0n) is 12.9. The fourth-order valence-corrected chi connectivity index (χ4v) is 2.25. The molecule has 120 valence electrons. The van der Waals surface area contributed by atoms with E-state index in [0.29, 0.717) is 23.0 Å². The van der Waals surface area contributed by atoms with Gasteiger partial charge in [0.05, 0.1) is 12.1 Å². The van der Waals surface area contributed by atoms with Crippen LogP contribution < -0.4 is 15.4 Å². The van der Waals surface area contributed by atoms with Gasteiger partial charge < -0.3 is 15.4 Å². The summed E-state index contributed by atoms with van der Waals surface area (Å²) in [5.41, 5.74) is 2.43. The van der Waals surface area contributed by atoms with Crippen molar-refractivity contribution in [3.8, 4) is 5.75 Å². The highest BCUT2D eigenvalue weighted by Gasteiger charge is 2.14. The molecule has 0 aliphatic heterocycles. The summed E-state index contributed by atoms with van der Waals surface area (Å²) in [4.78, 5) is 23.7. The first kappa shape index (κ1) is 16.8. The minimum atomic E-state index is -0.750. The van der Waals surface area contributed by atoms with Crippen LogP contribution in [0.2, 0.25) is 5.02 Å². The summed E-state index contributed by atoms with van der Waals surface area (Å²) in [6.45, 7) is 2.24. The van der Waals surface area contributed by atoms with Crippen LogP contribution in [0, 0.1) is 6.92 Å². The predicted octanol–water partition coefficient (Wildman–Crippen LogP) is 2.91. The van der Waals surface area contributed by atoms with Gasteiger partial charge in [0.15, 0.2) is 0 Å². The second-order valence-electron chi connectivity index (χ2n) is 4.91. The Morgan fingerprint density at radius 1 is 1.13 bits per heavy atom. The predicted molar refractivity (Wildman–Crippen MR) is 89.7 cm³/mol. The third kappa shape index (κ3) is 4.47. The number of rotatable bonds is 4. The normalized spacial score (nSPS) is 10.0. The van der Waals surface area contributed by atoms with E-state index >= 15 is 0 Å². The standard InChI is InChI=1S/C17H17ClN2O3/c1-11-5-3-4-6-12(11)10-19-16(21)17(22)20-13-7-8-15(23-2)14(18)9-13/h3-9H,10H2,1-2H3,(H,19,21)(H,20,22). The lowest BCUT2D eigenvalue weighted by Crippen LogP contribution is -2.35. The van der Waals surface area contributed by atoms with Crippen LogP contribution in [0.15, 0.2) is 42.5 Å². The van der Waals surface area contributed by atoms with Gasteiger partial charge in [-0.05, 0) is 36.2 Å². The van der Waals surface area contributed by atoms with E-state index in [1.165, 1.54) is 13.2 Å². The maximum atomic E-state index is 11.9. The second kappa shape index (κ2) is 7.65. The van der Waals surface area contributed by atoms with Crippen LogP contribution in [0.4, 0.5) is 5.69 Å². The van der Waals surface area contributed by atoms with Crippen molar-refractivity contribution in [3.05, 3.63) is 58.6 Å².